The molecule has 0 atom stereocenters. The highest BCUT2D eigenvalue weighted by atomic mass is 16.1. The highest BCUT2D eigenvalue weighted by molar-refractivity contribution is 5.95. The monoisotopic (exact) mass is 335 g/mol. The quantitative estimate of drug-likeness (QED) is 0.751. The fourth-order valence-electron chi connectivity index (χ4n) is 2.54. The van der Waals surface area contributed by atoms with E-state index in [1.807, 2.05) is 72.2 Å². The second kappa shape index (κ2) is 7.61. The zero-order valence-corrected chi connectivity index (χ0v) is 14.4. The maximum absolute atomic E-state index is 12.3. The number of amides is 1. The number of anilines is 1. The molecular formula is C19H21N5O. The first-order valence-electron chi connectivity index (χ1n) is 8.13. The summed E-state index contributed by atoms with van der Waals surface area (Å²) in [5.74, 6) is 0.715. The third kappa shape index (κ3) is 4.03. The van der Waals surface area contributed by atoms with Crippen molar-refractivity contribution in [1.82, 2.24) is 19.9 Å². The lowest BCUT2D eigenvalue weighted by Crippen LogP contribution is -2.27. The second-order valence-corrected chi connectivity index (χ2v) is 5.86. The number of benzene rings is 1. The Balaban J connectivity index is 1.61. The Labute approximate surface area is 147 Å². The van der Waals surface area contributed by atoms with Gasteiger partial charge in [-0.2, -0.15) is 0 Å². The van der Waals surface area contributed by atoms with Crippen molar-refractivity contribution >= 4 is 11.6 Å². The van der Waals surface area contributed by atoms with Crippen molar-refractivity contribution in [3.63, 3.8) is 0 Å². The zero-order valence-electron chi connectivity index (χ0n) is 14.4. The van der Waals surface area contributed by atoms with Crippen molar-refractivity contribution in [1.29, 1.82) is 0 Å². The Kier molecular flexibility index (Phi) is 5.09. The summed E-state index contributed by atoms with van der Waals surface area (Å²) >= 11 is 0. The molecule has 0 spiro atoms. The van der Waals surface area contributed by atoms with Crippen LogP contribution >= 0.6 is 0 Å². The molecule has 25 heavy (non-hydrogen) atoms. The van der Waals surface area contributed by atoms with Crippen LogP contribution in [-0.2, 0) is 6.54 Å². The lowest BCUT2D eigenvalue weighted by molar-refractivity contribution is 0.0952. The standard InChI is InChI=1S/C19H21N5O/c1-23(2)16-7-5-6-15(14-16)19(25)22-11-13-24-12-10-21-18(24)17-8-3-4-9-20-17/h3-10,12,14H,11,13H2,1-2H3,(H,22,25). The minimum absolute atomic E-state index is 0.0804. The molecule has 0 saturated carbocycles. The van der Waals surface area contributed by atoms with Crippen LogP contribution < -0.4 is 10.2 Å². The molecule has 1 amide bonds. The molecule has 0 aliphatic carbocycles. The van der Waals surface area contributed by atoms with Crippen LogP contribution in [0, 0.1) is 0 Å². The predicted octanol–water partition coefficient (Wildman–Crippen LogP) is 2.44. The van der Waals surface area contributed by atoms with Gasteiger partial charge in [0.2, 0.25) is 0 Å². The molecule has 0 aliphatic heterocycles. The molecule has 6 nitrogen and oxygen atoms in total. The lowest BCUT2D eigenvalue weighted by atomic mass is 10.2. The number of carbonyl (C=O) groups excluding carboxylic acids is 1. The van der Waals surface area contributed by atoms with Gasteiger partial charge >= 0.3 is 0 Å². The molecular weight excluding hydrogens is 314 g/mol. The first-order chi connectivity index (χ1) is 12.1. The molecule has 128 valence electrons. The molecule has 0 aliphatic rings. The minimum Gasteiger partial charge on any atom is -0.378 e. The van der Waals surface area contributed by atoms with E-state index < -0.39 is 0 Å². The summed E-state index contributed by atoms with van der Waals surface area (Å²) in [7, 11) is 3.91. The Morgan fingerprint density at radius 1 is 1.12 bits per heavy atom. The Hall–Kier alpha value is -3.15. The maximum atomic E-state index is 12.3. The molecule has 1 N–H and O–H groups in total. The summed E-state index contributed by atoms with van der Waals surface area (Å²) < 4.78 is 1.98. The van der Waals surface area contributed by atoms with Gasteiger partial charge < -0.3 is 14.8 Å². The van der Waals surface area contributed by atoms with Gasteiger partial charge in [0.05, 0.1) is 0 Å². The van der Waals surface area contributed by atoms with E-state index in [9.17, 15) is 4.79 Å². The largest absolute Gasteiger partial charge is 0.378 e. The van der Waals surface area contributed by atoms with Gasteiger partial charge in [-0.25, -0.2) is 4.98 Å². The molecule has 2 heterocycles. The van der Waals surface area contributed by atoms with Gasteiger partial charge in [-0.15, -0.1) is 0 Å². The first kappa shape index (κ1) is 16.7. The normalized spacial score (nSPS) is 10.5. The van der Waals surface area contributed by atoms with Crippen LogP contribution in [0.3, 0.4) is 0 Å². The highest BCUT2D eigenvalue weighted by Gasteiger charge is 2.09. The number of nitrogens with zero attached hydrogens (tertiary/aromatic N) is 4. The van der Waals surface area contributed by atoms with E-state index in [0.717, 1.165) is 17.2 Å². The van der Waals surface area contributed by atoms with Crippen LogP contribution in [0.25, 0.3) is 11.5 Å². The van der Waals surface area contributed by atoms with E-state index in [1.165, 1.54) is 0 Å². The number of pyridine rings is 1. The van der Waals surface area contributed by atoms with E-state index in [2.05, 4.69) is 15.3 Å². The lowest BCUT2D eigenvalue weighted by Gasteiger charge is -2.13. The van der Waals surface area contributed by atoms with Crippen molar-refractivity contribution in [2.75, 3.05) is 25.5 Å². The topological polar surface area (TPSA) is 63.1 Å². The number of aromatic nitrogens is 3. The Bertz CT molecular complexity index is 842. The summed E-state index contributed by atoms with van der Waals surface area (Å²) in [6.45, 7) is 1.15. The van der Waals surface area contributed by atoms with Crippen molar-refractivity contribution in [3.05, 3.63) is 66.6 Å². The van der Waals surface area contributed by atoms with Crippen LogP contribution in [0.5, 0.6) is 0 Å². The average Bonchev–Trinajstić information content (AvgIpc) is 3.11. The fourth-order valence-corrected chi connectivity index (χ4v) is 2.54. The smallest absolute Gasteiger partial charge is 0.251 e. The molecule has 0 radical (unpaired) electrons. The minimum atomic E-state index is -0.0804. The summed E-state index contributed by atoms with van der Waals surface area (Å²) in [5.41, 5.74) is 2.47. The van der Waals surface area contributed by atoms with Gasteiger partial charge in [0, 0.05) is 57.0 Å². The number of hydrogen-bond donors (Lipinski definition) is 1. The molecule has 1 aromatic carbocycles. The summed E-state index contributed by atoms with van der Waals surface area (Å²) in [4.78, 5) is 23.0. The molecule has 0 fully saturated rings. The molecule has 0 bridgehead atoms. The second-order valence-electron chi connectivity index (χ2n) is 5.86. The molecule has 2 aromatic heterocycles. The zero-order chi connectivity index (χ0) is 17.6. The summed E-state index contributed by atoms with van der Waals surface area (Å²) in [6.07, 6.45) is 5.38. The van der Waals surface area contributed by atoms with Crippen LogP contribution in [0.4, 0.5) is 5.69 Å². The molecule has 0 saturated heterocycles. The number of imidazole rings is 1. The number of rotatable bonds is 6. The predicted molar refractivity (Wildman–Crippen MR) is 98.6 cm³/mol. The summed E-state index contributed by atoms with van der Waals surface area (Å²) in [6, 6.07) is 13.3. The Morgan fingerprint density at radius 3 is 2.76 bits per heavy atom. The molecule has 0 unspecified atom stereocenters. The van der Waals surface area contributed by atoms with Crippen LogP contribution in [0.1, 0.15) is 10.4 Å². The third-order valence-corrected chi connectivity index (χ3v) is 3.87. The number of hydrogen-bond acceptors (Lipinski definition) is 4. The van der Waals surface area contributed by atoms with E-state index in [-0.39, 0.29) is 5.91 Å². The van der Waals surface area contributed by atoms with Gasteiger partial charge in [-0.05, 0) is 30.3 Å². The van der Waals surface area contributed by atoms with E-state index >= 15 is 0 Å². The van der Waals surface area contributed by atoms with Gasteiger partial charge in [-0.3, -0.25) is 9.78 Å². The van der Waals surface area contributed by atoms with Crippen molar-refractivity contribution < 1.29 is 4.79 Å². The molecule has 3 rings (SSSR count). The maximum Gasteiger partial charge on any atom is 0.251 e. The van der Waals surface area contributed by atoms with Gasteiger partial charge in [0.15, 0.2) is 5.82 Å². The van der Waals surface area contributed by atoms with Gasteiger partial charge in [0.1, 0.15) is 5.69 Å². The van der Waals surface area contributed by atoms with Gasteiger partial charge in [0.25, 0.3) is 5.91 Å². The number of nitrogens with one attached hydrogen (secondary N) is 1. The molecule has 3 aromatic rings. The molecule has 6 heteroatoms. The van der Waals surface area contributed by atoms with Crippen molar-refractivity contribution in [2.24, 2.45) is 0 Å². The number of carbonyl (C=O) groups is 1. The average molecular weight is 335 g/mol. The van der Waals surface area contributed by atoms with E-state index in [0.29, 0.717) is 18.7 Å². The van der Waals surface area contributed by atoms with Gasteiger partial charge in [-0.1, -0.05) is 12.1 Å². The van der Waals surface area contributed by atoms with Crippen molar-refractivity contribution in [3.8, 4) is 11.5 Å². The van der Waals surface area contributed by atoms with Crippen LogP contribution in [0.15, 0.2) is 61.1 Å². The fraction of sp³-hybridized carbons (Fsp3) is 0.211. The van der Waals surface area contributed by atoms with E-state index in [1.54, 1.807) is 12.4 Å². The van der Waals surface area contributed by atoms with Crippen molar-refractivity contribution in [2.45, 2.75) is 6.54 Å². The summed E-state index contributed by atoms with van der Waals surface area (Å²) in [5, 5.41) is 2.96. The SMILES string of the molecule is CN(C)c1cccc(C(=O)NCCn2ccnc2-c2ccccn2)c1. The third-order valence-electron chi connectivity index (χ3n) is 3.87. The highest BCUT2D eigenvalue weighted by Crippen LogP contribution is 2.14. The van der Waals surface area contributed by atoms with Crippen LogP contribution in [0.2, 0.25) is 0 Å². The van der Waals surface area contributed by atoms with E-state index in [4.69, 9.17) is 0 Å². The first-order valence-corrected chi connectivity index (χ1v) is 8.13. The Morgan fingerprint density at radius 2 is 2.00 bits per heavy atom. The van der Waals surface area contributed by atoms with Crippen LogP contribution in [-0.4, -0.2) is 41.1 Å².